The molecule has 0 atom stereocenters. The number of para-hydroxylation sites is 6. The molecule has 4 radical (unpaired) electrons. The molecule has 6 aromatic rings. The molecular formula is C66H70Dy4N18O26. The summed E-state index contributed by atoms with van der Waals surface area (Å²) in [6.07, 6.45) is 6.91. The summed E-state index contributed by atoms with van der Waals surface area (Å²) in [6.45, 7) is 7.76. The number of carbonyl (C=O) groups is 2. The van der Waals surface area contributed by atoms with Crippen LogP contribution in [0.2, 0.25) is 0 Å². The fraction of sp³-hybridized carbons (Fsp3) is 0.182. The summed E-state index contributed by atoms with van der Waals surface area (Å²) < 4.78 is 29.1. The number of hydrogen-bond donors (Lipinski definition) is 8. The van der Waals surface area contributed by atoms with Crippen LogP contribution in [0.5, 0.6) is 69.0 Å². The molecule has 0 saturated carbocycles. The Balaban J connectivity index is -0.000000304. The van der Waals surface area contributed by atoms with Gasteiger partial charge in [-0.2, -0.15) is 51.0 Å². The average molecular weight is 2180 g/mol. The number of oxime groups is 6. The van der Waals surface area contributed by atoms with Crippen LogP contribution in [0.3, 0.4) is 0 Å². The van der Waals surface area contributed by atoms with Crippen molar-refractivity contribution < 1.29 is 284 Å². The normalized spacial score (nSPS) is 11.9. The Hall–Kier alpha value is -10.4. The van der Waals surface area contributed by atoms with E-state index in [1.807, 2.05) is 0 Å². The Morgan fingerprint density at radius 3 is 0.605 bits per heavy atom. The molecule has 0 saturated heterocycles. The maximum Gasteiger partial charge on any atom is 3.00 e. The van der Waals surface area contributed by atoms with E-state index in [2.05, 4.69) is 92.8 Å². The SMILES string of the molecule is COc1cccc(/C=N/N=C([O-])/C(C)=N/O)c1[O-].COc1cccc(/C=N/N=C([O-])/C(C)=N/O)c1[O-].COc1cccc(/C=N/N=C([O-])/C(C)=N/O)c1[O-].COc1cccc(/C=N/N=C([O-])/C(C)=N/O)c1[O-].COc1cccc(/C=N/NC(=O)/C(C)=N/O)c1[O-].COc1cccc(/C=N/NC(=O)/C(C)=N/O)c1[O-].[Dy+3].[Dy+3].[Dy+3].[Dy+3].[OH-].[OH-]. The van der Waals surface area contributed by atoms with E-state index in [1.54, 1.807) is 36.4 Å². The number of nitrogens with zero attached hydrogens (tertiary/aromatic N) is 16. The summed E-state index contributed by atoms with van der Waals surface area (Å²) in [4.78, 5) is 22.3. The second-order valence-corrected chi connectivity index (χ2v) is 19.4. The van der Waals surface area contributed by atoms with E-state index in [0.717, 1.165) is 24.9 Å². The molecule has 0 unspecified atom stereocenters. The third kappa shape index (κ3) is 41.4. The molecule has 44 nitrogen and oxygen atoms in total. The van der Waals surface area contributed by atoms with Crippen molar-refractivity contribution in [3.8, 4) is 69.0 Å². The van der Waals surface area contributed by atoms with E-state index in [4.69, 9.17) is 59.7 Å². The number of benzene rings is 6. The van der Waals surface area contributed by atoms with Crippen molar-refractivity contribution in [3.63, 3.8) is 0 Å². The molecule has 10 N–H and O–H groups in total. The zero-order valence-corrected chi connectivity index (χ0v) is 69.3. The van der Waals surface area contributed by atoms with Gasteiger partial charge < -0.3 is 122 Å². The van der Waals surface area contributed by atoms with Gasteiger partial charge in [0, 0.05) is 23.6 Å². The van der Waals surface area contributed by atoms with E-state index in [9.17, 15) is 60.7 Å². The molecule has 0 aromatic heterocycles. The van der Waals surface area contributed by atoms with Gasteiger partial charge in [0.2, 0.25) is 0 Å². The first-order chi connectivity index (χ1) is 51.6. The number of nitrogens with one attached hydrogen (secondary N) is 2. The average Bonchev–Trinajstić information content (AvgIpc) is 0.896. The first-order valence-electron chi connectivity index (χ1n) is 29.6. The molecule has 0 fully saturated rings. The minimum atomic E-state index is -0.788. The van der Waals surface area contributed by atoms with Gasteiger partial charge in [0.1, 0.15) is 45.9 Å². The Bertz CT molecular complexity index is 4030. The number of rotatable bonds is 24. The van der Waals surface area contributed by atoms with Crippen LogP contribution in [-0.4, -0.2) is 192 Å². The van der Waals surface area contributed by atoms with Crippen LogP contribution >= 0.6 is 0 Å². The maximum absolute atomic E-state index is 11.7. The van der Waals surface area contributed by atoms with Gasteiger partial charge in [0.05, 0.1) is 103 Å². The Morgan fingerprint density at radius 1 is 0.298 bits per heavy atom. The molecule has 48 heteroatoms. The molecule has 0 spiro atoms. The maximum atomic E-state index is 11.7. The van der Waals surface area contributed by atoms with E-state index in [-0.39, 0.29) is 300 Å². The molecule has 6 aromatic carbocycles. The predicted octanol–water partition coefficient (Wildman–Crippen LogP) is -1.37. The van der Waals surface area contributed by atoms with Gasteiger partial charge in [-0.1, -0.05) is 138 Å². The van der Waals surface area contributed by atoms with Crippen LogP contribution in [0, 0.1) is 153 Å². The van der Waals surface area contributed by atoms with Crippen molar-refractivity contribution in [3.05, 3.63) is 143 Å². The van der Waals surface area contributed by atoms with Crippen molar-refractivity contribution in [1.29, 1.82) is 0 Å². The largest absolute Gasteiger partial charge is 3.00 e. The minimum Gasteiger partial charge on any atom is -0.870 e. The topological polar surface area (TPSA) is 723 Å². The summed E-state index contributed by atoms with van der Waals surface area (Å²) in [6, 6.07) is 28.0. The smallest absolute Gasteiger partial charge is 0.870 e. The number of carbonyl (C=O) groups excluding carboxylic acids is 2. The van der Waals surface area contributed by atoms with Crippen LogP contribution in [-0.2, 0) is 9.59 Å². The number of hydrogen-bond acceptors (Lipinski definition) is 42. The monoisotopic (exact) mass is 2190 g/mol. The van der Waals surface area contributed by atoms with E-state index < -0.39 is 35.4 Å². The fourth-order valence-electron chi connectivity index (χ4n) is 6.38. The standard InChI is InChI=1S/6C11H13N3O4.4Dy.2H2O/c6*1-7(14-17)11(16)13-12-6-8-4-3-5-9(18-2)10(8)15;;;;;;/h6*3-6,15,17H,1-2H3,(H,13,16);;;;;2*1H2/q;;;;;;4*+3;;/p-12/b6*12-6+,14-7+;;;;;;. The van der Waals surface area contributed by atoms with Crippen molar-refractivity contribution >= 4 is 107 Å². The van der Waals surface area contributed by atoms with E-state index in [0.29, 0.717) is 0 Å². The number of methoxy groups -OCH3 is 6. The van der Waals surface area contributed by atoms with Crippen LogP contribution in [0.25, 0.3) is 0 Å². The summed E-state index contributed by atoms with van der Waals surface area (Å²) >= 11 is 0. The zero-order valence-electron chi connectivity index (χ0n) is 61.2. The van der Waals surface area contributed by atoms with Gasteiger partial charge in [-0.15, -0.1) is 0 Å². The summed E-state index contributed by atoms with van der Waals surface area (Å²) in [5.74, 6) is -5.42. The molecule has 2 amide bonds. The van der Waals surface area contributed by atoms with Crippen molar-refractivity contribution in [2.24, 2.45) is 81.9 Å². The number of ether oxygens (including phenoxy) is 6. The third-order valence-corrected chi connectivity index (χ3v) is 12.3. The van der Waals surface area contributed by atoms with Gasteiger partial charge in [-0.05, 0) is 111 Å². The molecule has 0 heterocycles. The molecule has 620 valence electrons. The molecular weight excluding hydrogens is 2110 g/mol. The molecule has 0 aliphatic rings. The second-order valence-electron chi connectivity index (χ2n) is 19.4. The van der Waals surface area contributed by atoms with Gasteiger partial charge in [-0.3, -0.25) is 9.59 Å². The van der Waals surface area contributed by atoms with Gasteiger partial charge in [-0.25, -0.2) is 10.9 Å². The zero-order chi connectivity index (χ0) is 81.3. The minimum absolute atomic E-state index is 0. The van der Waals surface area contributed by atoms with Crippen LogP contribution in [0.4, 0.5) is 0 Å². The third-order valence-electron chi connectivity index (χ3n) is 12.3. The van der Waals surface area contributed by atoms with Gasteiger partial charge >= 0.3 is 153 Å². The fourth-order valence-corrected chi connectivity index (χ4v) is 6.38. The van der Waals surface area contributed by atoms with E-state index >= 15 is 0 Å². The summed E-state index contributed by atoms with van der Waals surface area (Å²) in [5.41, 5.74) is 4.66. The van der Waals surface area contributed by atoms with Gasteiger partial charge in [0.25, 0.3) is 11.8 Å². The molecule has 0 bridgehead atoms. The number of hydrazone groups is 2. The van der Waals surface area contributed by atoms with Crippen molar-refractivity contribution in [2.45, 2.75) is 41.5 Å². The van der Waals surface area contributed by atoms with Crippen molar-refractivity contribution in [2.75, 3.05) is 42.7 Å². The number of amides is 2. The molecule has 6 rings (SSSR count). The van der Waals surface area contributed by atoms with E-state index in [1.165, 1.54) is 169 Å². The first-order valence-corrected chi connectivity index (χ1v) is 29.6. The quantitative estimate of drug-likeness (QED) is 0.0150. The van der Waals surface area contributed by atoms with Crippen LogP contribution in [0.15, 0.2) is 191 Å². The van der Waals surface area contributed by atoms with Gasteiger partial charge in [0.15, 0.2) is 0 Å². The predicted molar refractivity (Wildman–Crippen MR) is 379 cm³/mol. The Kier molecular flexibility index (Phi) is 65.3. The Labute approximate surface area is 770 Å². The summed E-state index contributed by atoms with van der Waals surface area (Å²) in [7, 11) is 8.31. The summed E-state index contributed by atoms with van der Waals surface area (Å²) in [5, 5.41) is 214. The second kappa shape index (κ2) is 65.0. The first kappa shape index (κ1) is 114. The molecule has 114 heavy (non-hydrogen) atoms. The van der Waals surface area contributed by atoms with Crippen molar-refractivity contribution in [1.82, 2.24) is 10.9 Å². The van der Waals surface area contributed by atoms with Crippen LogP contribution in [0.1, 0.15) is 74.9 Å². The molecule has 0 aliphatic carbocycles. The van der Waals surface area contributed by atoms with Crippen LogP contribution < -0.4 is 90.3 Å². The Morgan fingerprint density at radius 2 is 0.456 bits per heavy atom. The molecule has 0 aliphatic heterocycles.